The molecule has 0 aliphatic rings. The lowest BCUT2D eigenvalue weighted by Gasteiger charge is -2.11. The first-order valence-corrected chi connectivity index (χ1v) is 6.53. The average molecular weight is 230 g/mol. The van der Waals surface area contributed by atoms with E-state index in [1.807, 2.05) is 0 Å². The van der Waals surface area contributed by atoms with E-state index in [1.165, 1.54) is 22.9 Å². The fourth-order valence-electron chi connectivity index (χ4n) is 2.28. The van der Waals surface area contributed by atoms with E-state index >= 15 is 0 Å². The maximum Gasteiger partial charge on any atom is 0.0483 e. The molecule has 1 heterocycles. The third-order valence-corrected chi connectivity index (χ3v) is 3.52. The minimum Gasteiger partial charge on any atom is -0.347 e. The van der Waals surface area contributed by atoms with E-state index in [9.17, 15) is 0 Å². The standard InChI is InChI=1S/C15H22N2/c1-3-12(2)11-17-10-8-14-13(7-9-16)5-4-6-15(14)17/h4-6,8,10,12H,3,7,9,11,16H2,1-2H3. The smallest absolute Gasteiger partial charge is 0.0483 e. The Hall–Kier alpha value is -1.28. The fourth-order valence-corrected chi connectivity index (χ4v) is 2.28. The maximum absolute atomic E-state index is 5.65. The minimum atomic E-state index is 0.718. The summed E-state index contributed by atoms with van der Waals surface area (Å²) >= 11 is 0. The molecule has 0 aliphatic carbocycles. The zero-order valence-electron chi connectivity index (χ0n) is 10.8. The third kappa shape index (κ3) is 2.52. The number of hydrogen-bond donors (Lipinski definition) is 1. The van der Waals surface area contributed by atoms with Crippen LogP contribution >= 0.6 is 0 Å². The minimum absolute atomic E-state index is 0.718. The summed E-state index contributed by atoms with van der Waals surface area (Å²) in [6.07, 6.45) is 4.39. The molecule has 0 aliphatic heterocycles. The van der Waals surface area contributed by atoms with Gasteiger partial charge in [-0.25, -0.2) is 0 Å². The Morgan fingerprint density at radius 2 is 2.12 bits per heavy atom. The van der Waals surface area contributed by atoms with Gasteiger partial charge in [0, 0.05) is 23.6 Å². The summed E-state index contributed by atoms with van der Waals surface area (Å²) in [5.41, 5.74) is 8.37. The van der Waals surface area contributed by atoms with Crippen LogP contribution in [-0.4, -0.2) is 11.1 Å². The van der Waals surface area contributed by atoms with E-state index in [0.29, 0.717) is 0 Å². The Morgan fingerprint density at radius 1 is 1.29 bits per heavy atom. The second-order valence-corrected chi connectivity index (χ2v) is 4.87. The average Bonchev–Trinajstić information content (AvgIpc) is 2.74. The molecule has 0 saturated heterocycles. The van der Waals surface area contributed by atoms with E-state index in [1.54, 1.807) is 0 Å². The van der Waals surface area contributed by atoms with Gasteiger partial charge in [-0.15, -0.1) is 0 Å². The summed E-state index contributed by atoms with van der Waals surface area (Å²) in [7, 11) is 0. The van der Waals surface area contributed by atoms with Gasteiger partial charge in [0.05, 0.1) is 0 Å². The zero-order valence-corrected chi connectivity index (χ0v) is 10.8. The van der Waals surface area contributed by atoms with Crippen molar-refractivity contribution in [3.63, 3.8) is 0 Å². The summed E-state index contributed by atoms with van der Waals surface area (Å²) in [6, 6.07) is 8.75. The predicted molar refractivity (Wildman–Crippen MR) is 74.2 cm³/mol. The number of nitrogens with two attached hydrogens (primary N) is 1. The van der Waals surface area contributed by atoms with Crippen molar-refractivity contribution in [3.8, 4) is 0 Å². The van der Waals surface area contributed by atoms with E-state index in [0.717, 1.165) is 25.4 Å². The molecule has 1 atom stereocenters. The topological polar surface area (TPSA) is 30.9 Å². The molecule has 0 amide bonds. The summed E-state index contributed by atoms with van der Waals surface area (Å²) in [6.45, 7) is 6.37. The van der Waals surface area contributed by atoms with E-state index < -0.39 is 0 Å². The monoisotopic (exact) mass is 230 g/mol. The summed E-state index contributed by atoms with van der Waals surface area (Å²) in [5.74, 6) is 0.726. The molecule has 1 aromatic carbocycles. The van der Waals surface area contributed by atoms with Gasteiger partial charge in [-0.2, -0.15) is 0 Å². The Morgan fingerprint density at radius 3 is 2.82 bits per heavy atom. The van der Waals surface area contributed by atoms with Crippen LogP contribution in [0.25, 0.3) is 10.9 Å². The van der Waals surface area contributed by atoms with Gasteiger partial charge < -0.3 is 10.3 Å². The highest BCUT2D eigenvalue weighted by atomic mass is 15.0. The predicted octanol–water partition coefficient (Wildman–Crippen LogP) is 3.19. The normalized spacial score (nSPS) is 13.1. The number of rotatable bonds is 5. The van der Waals surface area contributed by atoms with Crippen LogP contribution in [0, 0.1) is 5.92 Å². The fraction of sp³-hybridized carbons (Fsp3) is 0.467. The Bertz CT molecular complexity index is 485. The molecule has 2 nitrogen and oxygen atoms in total. The van der Waals surface area contributed by atoms with Crippen molar-refractivity contribution in [2.24, 2.45) is 11.7 Å². The van der Waals surface area contributed by atoms with Gasteiger partial charge in [-0.3, -0.25) is 0 Å². The van der Waals surface area contributed by atoms with Crippen LogP contribution in [0.15, 0.2) is 30.5 Å². The Balaban J connectivity index is 2.36. The molecule has 2 aromatic rings. The van der Waals surface area contributed by atoms with Crippen molar-refractivity contribution < 1.29 is 0 Å². The molecule has 0 spiro atoms. The highest BCUT2D eigenvalue weighted by molar-refractivity contribution is 5.83. The first-order valence-electron chi connectivity index (χ1n) is 6.53. The molecule has 2 heteroatoms. The van der Waals surface area contributed by atoms with Gasteiger partial charge in [-0.05, 0) is 36.6 Å². The van der Waals surface area contributed by atoms with Gasteiger partial charge in [0.25, 0.3) is 0 Å². The molecule has 92 valence electrons. The van der Waals surface area contributed by atoms with Crippen LogP contribution in [0.2, 0.25) is 0 Å². The Labute approximate surface area is 103 Å². The van der Waals surface area contributed by atoms with Crippen molar-refractivity contribution >= 4 is 10.9 Å². The molecule has 0 fully saturated rings. The number of aromatic nitrogens is 1. The molecule has 0 radical (unpaired) electrons. The van der Waals surface area contributed by atoms with Crippen LogP contribution in [0.4, 0.5) is 0 Å². The Kier molecular flexibility index (Phi) is 3.85. The second kappa shape index (κ2) is 5.37. The lowest BCUT2D eigenvalue weighted by Crippen LogP contribution is -2.06. The van der Waals surface area contributed by atoms with Crippen LogP contribution in [0.1, 0.15) is 25.8 Å². The number of benzene rings is 1. The molecule has 2 N–H and O–H groups in total. The van der Waals surface area contributed by atoms with Crippen molar-refractivity contribution in [2.75, 3.05) is 6.54 Å². The molecule has 1 unspecified atom stereocenters. The zero-order chi connectivity index (χ0) is 12.3. The second-order valence-electron chi connectivity index (χ2n) is 4.87. The van der Waals surface area contributed by atoms with Crippen LogP contribution in [-0.2, 0) is 13.0 Å². The summed E-state index contributed by atoms with van der Waals surface area (Å²) in [5, 5.41) is 1.36. The highest BCUT2D eigenvalue weighted by Gasteiger charge is 2.07. The van der Waals surface area contributed by atoms with Crippen molar-refractivity contribution in [1.82, 2.24) is 4.57 Å². The summed E-state index contributed by atoms with van der Waals surface area (Å²) < 4.78 is 2.36. The van der Waals surface area contributed by atoms with E-state index in [2.05, 4.69) is 48.9 Å². The van der Waals surface area contributed by atoms with Gasteiger partial charge in [0.15, 0.2) is 0 Å². The molecular weight excluding hydrogens is 208 g/mol. The lowest BCUT2D eigenvalue weighted by atomic mass is 10.1. The molecule has 17 heavy (non-hydrogen) atoms. The van der Waals surface area contributed by atoms with Crippen LogP contribution in [0.3, 0.4) is 0 Å². The first kappa shape index (κ1) is 12.2. The van der Waals surface area contributed by atoms with Crippen molar-refractivity contribution in [1.29, 1.82) is 0 Å². The third-order valence-electron chi connectivity index (χ3n) is 3.52. The molecule has 0 bridgehead atoms. The molecule has 1 aromatic heterocycles. The van der Waals surface area contributed by atoms with Gasteiger partial charge >= 0.3 is 0 Å². The number of hydrogen-bond acceptors (Lipinski definition) is 1. The van der Waals surface area contributed by atoms with Crippen LogP contribution in [0.5, 0.6) is 0 Å². The first-order chi connectivity index (χ1) is 8.26. The molecular formula is C15H22N2. The SMILES string of the molecule is CCC(C)Cn1ccc2c(CCN)cccc21. The maximum atomic E-state index is 5.65. The van der Waals surface area contributed by atoms with Gasteiger partial charge in [0.2, 0.25) is 0 Å². The van der Waals surface area contributed by atoms with E-state index in [4.69, 9.17) is 5.73 Å². The van der Waals surface area contributed by atoms with Crippen molar-refractivity contribution in [3.05, 3.63) is 36.0 Å². The lowest BCUT2D eigenvalue weighted by molar-refractivity contribution is 0.477. The van der Waals surface area contributed by atoms with Crippen molar-refractivity contribution in [2.45, 2.75) is 33.2 Å². The quantitative estimate of drug-likeness (QED) is 0.840. The largest absolute Gasteiger partial charge is 0.347 e. The molecule has 2 rings (SSSR count). The summed E-state index contributed by atoms with van der Waals surface area (Å²) in [4.78, 5) is 0. The number of fused-ring (bicyclic) bond motifs is 1. The van der Waals surface area contributed by atoms with Gasteiger partial charge in [-0.1, -0.05) is 32.4 Å². The highest BCUT2D eigenvalue weighted by Crippen LogP contribution is 2.22. The number of nitrogens with zero attached hydrogens (tertiary/aromatic N) is 1. The van der Waals surface area contributed by atoms with Crippen LogP contribution < -0.4 is 5.73 Å². The van der Waals surface area contributed by atoms with E-state index in [-0.39, 0.29) is 0 Å². The molecule has 0 saturated carbocycles. The van der Waals surface area contributed by atoms with Gasteiger partial charge in [0.1, 0.15) is 0 Å².